The lowest BCUT2D eigenvalue weighted by Crippen LogP contribution is -2.44. The van der Waals surface area contributed by atoms with E-state index < -0.39 is 9.84 Å². The molecule has 1 amide bonds. The lowest BCUT2D eigenvalue weighted by molar-refractivity contribution is -0.137. The molecule has 0 aromatic heterocycles. The topological polar surface area (TPSA) is 54.5 Å². The van der Waals surface area contributed by atoms with Gasteiger partial charge in [-0.05, 0) is 32.3 Å². The standard InChI is InChI=1S/C16H23NO3S/c1-13(2)17(11-14-7-4-3-5-8-14)16(18)15-9-6-10-21(19,20)12-15/h3-5,7-8,13,15H,6,9-12H2,1-2H3. The number of carbonyl (C=O) groups excluding carboxylic acids is 1. The first-order valence-corrected chi connectivity index (χ1v) is 9.26. The van der Waals surface area contributed by atoms with Gasteiger partial charge in [-0.15, -0.1) is 0 Å². The first kappa shape index (κ1) is 16.0. The lowest BCUT2D eigenvalue weighted by Gasteiger charge is -2.32. The van der Waals surface area contributed by atoms with Crippen molar-refractivity contribution in [3.8, 4) is 0 Å². The van der Waals surface area contributed by atoms with E-state index >= 15 is 0 Å². The van der Waals surface area contributed by atoms with Crippen LogP contribution in [0.4, 0.5) is 0 Å². The van der Waals surface area contributed by atoms with Crippen LogP contribution >= 0.6 is 0 Å². The Morgan fingerprint density at radius 1 is 1.29 bits per heavy atom. The zero-order valence-electron chi connectivity index (χ0n) is 12.7. The van der Waals surface area contributed by atoms with Crippen molar-refractivity contribution in [1.82, 2.24) is 4.90 Å². The first-order valence-electron chi connectivity index (χ1n) is 7.44. The quantitative estimate of drug-likeness (QED) is 0.857. The zero-order chi connectivity index (χ0) is 15.5. The molecule has 1 fully saturated rings. The molecule has 5 heteroatoms. The minimum absolute atomic E-state index is 0.00381. The summed E-state index contributed by atoms with van der Waals surface area (Å²) in [7, 11) is -3.06. The Bertz CT molecular complexity index is 581. The van der Waals surface area contributed by atoms with Gasteiger partial charge >= 0.3 is 0 Å². The molecule has 1 aliphatic heterocycles. The number of hydrogen-bond donors (Lipinski definition) is 0. The Labute approximate surface area is 127 Å². The van der Waals surface area contributed by atoms with Crippen molar-refractivity contribution in [2.24, 2.45) is 5.92 Å². The smallest absolute Gasteiger partial charge is 0.227 e. The predicted octanol–water partition coefficient (Wildman–Crippen LogP) is 2.25. The van der Waals surface area contributed by atoms with E-state index in [1.54, 1.807) is 4.90 Å². The van der Waals surface area contributed by atoms with Gasteiger partial charge in [0.1, 0.15) is 0 Å². The van der Waals surface area contributed by atoms with Crippen molar-refractivity contribution in [3.05, 3.63) is 35.9 Å². The van der Waals surface area contributed by atoms with Crippen LogP contribution in [0.25, 0.3) is 0 Å². The number of hydrogen-bond acceptors (Lipinski definition) is 3. The maximum absolute atomic E-state index is 12.7. The third-order valence-corrected chi connectivity index (χ3v) is 5.74. The van der Waals surface area contributed by atoms with E-state index in [4.69, 9.17) is 0 Å². The van der Waals surface area contributed by atoms with Crippen LogP contribution in [0, 0.1) is 5.92 Å². The lowest BCUT2D eigenvalue weighted by atomic mass is 10.0. The highest BCUT2D eigenvalue weighted by atomic mass is 32.2. The molecule has 0 N–H and O–H groups in total. The van der Waals surface area contributed by atoms with Crippen molar-refractivity contribution >= 4 is 15.7 Å². The van der Waals surface area contributed by atoms with E-state index in [2.05, 4.69) is 0 Å². The van der Waals surface area contributed by atoms with Crippen LogP contribution in [0.3, 0.4) is 0 Å². The fourth-order valence-electron chi connectivity index (χ4n) is 2.75. The SMILES string of the molecule is CC(C)N(Cc1ccccc1)C(=O)C1CCCS(=O)(=O)C1. The molecule has 116 valence electrons. The third kappa shape index (κ3) is 4.30. The molecular formula is C16H23NO3S. The van der Waals surface area contributed by atoms with Crippen LogP contribution in [-0.4, -0.2) is 36.8 Å². The summed E-state index contributed by atoms with van der Waals surface area (Å²) in [6.07, 6.45) is 1.27. The summed E-state index contributed by atoms with van der Waals surface area (Å²) in [5.41, 5.74) is 1.07. The summed E-state index contributed by atoms with van der Waals surface area (Å²) in [4.78, 5) is 14.5. The molecule has 0 saturated carbocycles. The molecule has 1 aliphatic rings. The highest BCUT2D eigenvalue weighted by Gasteiger charge is 2.33. The largest absolute Gasteiger partial charge is 0.336 e. The van der Waals surface area contributed by atoms with Gasteiger partial charge < -0.3 is 4.90 Å². The summed E-state index contributed by atoms with van der Waals surface area (Å²) < 4.78 is 23.5. The highest BCUT2D eigenvalue weighted by Crippen LogP contribution is 2.22. The molecule has 1 unspecified atom stereocenters. The Hall–Kier alpha value is -1.36. The summed E-state index contributed by atoms with van der Waals surface area (Å²) in [6, 6.07) is 9.87. The van der Waals surface area contributed by atoms with Crippen molar-refractivity contribution in [3.63, 3.8) is 0 Å². The maximum atomic E-state index is 12.7. The van der Waals surface area contributed by atoms with Gasteiger partial charge in [0.15, 0.2) is 9.84 Å². The minimum Gasteiger partial charge on any atom is -0.336 e. The molecule has 21 heavy (non-hydrogen) atoms. The Morgan fingerprint density at radius 3 is 2.52 bits per heavy atom. The zero-order valence-corrected chi connectivity index (χ0v) is 13.5. The average molecular weight is 309 g/mol. The normalized spacial score (nSPS) is 21.2. The van der Waals surface area contributed by atoms with Crippen LogP contribution in [-0.2, 0) is 21.2 Å². The fraction of sp³-hybridized carbons (Fsp3) is 0.562. The number of carbonyl (C=O) groups is 1. The van der Waals surface area contributed by atoms with Gasteiger partial charge in [0.05, 0.1) is 17.4 Å². The molecule has 0 bridgehead atoms. The van der Waals surface area contributed by atoms with Crippen LogP contribution in [0.5, 0.6) is 0 Å². The second kappa shape index (κ2) is 6.60. The minimum atomic E-state index is -3.06. The fourth-order valence-corrected chi connectivity index (χ4v) is 4.44. The molecule has 1 aromatic carbocycles. The van der Waals surface area contributed by atoms with Crippen molar-refractivity contribution in [2.45, 2.75) is 39.3 Å². The Morgan fingerprint density at radius 2 is 1.95 bits per heavy atom. The maximum Gasteiger partial charge on any atom is 0.227 e. The van der Waals surface area contributed by atoms with Crippen LogP contribution in [0.15, 0.2) is 30.3 Å². The second-order valence-electron chi connectivity index (χ2n) is 6.00. The molecular weight excluding hydrogens is 286 g/mol. The van der Waals surface area contributed by atoms with Gasteiger partial charge in [0, 0.05) is 12.6 Å². The van der Waals surface area contributed by atoms with Gasteiger partial charge in [-0.2, -0.15) is 0 Å². The monoisotopic (exact) mass is 309 g/mol. The van der Waals surface area contributed by atoms with Crippen molar-refractivity contribution in [2.75, 3.05) is 11.5 Å². The molecule has 1 saturated heterocycles. The Kier molecular flexibility index (Phi) is 5.04. The number of benzene rings is 1. The van der Waals surface area contributed by atoms with E-state index in [-0.39, 0.29) is 29.4 Å². The summed E-state index contributed by atoms with van der Waals surface area (Å²) in [5, 5.41) is 0. The van der Waals surface area contributed by atoms with Gasteiger partial charge in [0.25, 0.3) is 0 Å². The highest BCUT2D eigenvalue weighted by molar-refractivity contribution is 7.91. The van der Waals surface area contributed by atoms with Crippen LogP contribution < -0.4 is 0 Å². The van der Waals surface area contributed by atoms with Gasteiger partial charge in [-0.1, -0.05) is 30.3 Å². The van der Waals surface area contributed by atoms with Crippen molar-refractivity contribution < 1.29 is 13.2 Å². The number of nitrogens with zero attached hydrogens (tertiary/aromatic N) is 1. The molecule has 1 atom stereocenters. The van der Waals surface area contributed by atoms with E-state index in [0.717, 1.165) is 5.56 Å². The predicted molar refractivity (Wildman–Crippen MR) is 83.5 cm³/mol. The number of rotatable bonds is 4. The van der Waals surface area contributed by atoms with E-state index in [1.807, 2.05) is 44.2 Å². The Balaban J connectivity index is 2.12. The molecule has 0 radical (unpaired) electrons. The average Bonchev–Trinajstić information content (AvgIpc) is 2.44. The van der Waals surface area contributed by atoms with Crippen LogP contribution in [0.1, 0.15) is 32.3 Å². The summed E-state index contributed by atoms with van der Waals surface area (Å²) >= 11 is 0. The number of sulfone groups is 1. The van der Waals surface area contributed by atoms with E-state index in [9.17, 15) is 13.2 Å². The van der Waals surface area contributed by atoms with Gasteiger partial charge in [-0.3, -0.25) is 4.79 Å². The van der Waals surface area contributed by atoms with E-state index in [1.165, 1.54) is 0 Å². The van der Waals surface area contributed by atoms with E-state index in [0.29, 0.717) is 19.4 Å². The summed E-state index contributed by atoms with van der Waals surface area (Å²) in [5.74, 6) is -0.187. The van der Waals surface area contributed by atoms with Gasteiger partial charge in [-0.25, -0.2) is 8.42 Å². The van der Waals surface area contributed by atoms with Gasteiger partial charge in [0.2, 0.25) is 5.91 Å². The van der Waals surface area contributed by atoms with Crippen molar-refractivity contribution in [1.29, 1.82) is 0 Å². The summed E-state index contributed by atoms with van der Waals surface area (Å²) in [6.45, 7) is 4.48. The molecule has 4 nitrogen and oxygen atoms in total. The molecule has 1 heterocycles. The first-order chi connectivity index (χ1) is 9.89. The van der Waals surface area contributed by atoms with Crippen LogP contribution in [0.2, 0.25) is 0 Å². The second-order valence-corrected chi connectivity index (χ2v) is 8.23. The molecule has 1 aromatic rings. The third-order valence-electron chi connectivity index (χ3n) is 3.91. The molecule has 0 spiro atoms. The number of amides is 1. The molecule has 0 aliphatic carbocycles. The molecule has 2 rings (SSSR count).